The SMILES string of the molecule is COc1ccc(-c2cncnc2)cc1CNc1cnc2c(c1)C(=O)NCC2. The number of carbonyl (C=O) groups excluding carboxylic acids is 1. The molecule has 0 unspecified atom stereocenters. The Hall–Kier alpha value is -3.48. The van der Waals surface area contributed by atoms with Crippen molar-refractivity contribution in [3.8, 4) is 16.9 Å². The first-order valence-corrected chi connectivity index (χ1v) is 8.68. The number of benzene rings is 1. The second-order valence-electron chi connectivity index (χ2n) is 6.23. The Morgan fingerprint density at radius 3 is 2.81 bits per heavy atom. The third-order valence-electron chi connectivity index (χ3n) is 4.52. The molecule has 0 fully saturated rings. The van der Waals surface area contributed by atoms with Crippen molar-refractivity contribution in [1.82, 2.24) is 20.3 Å². The summed E-state index contributed by atoms with van der Waals surface area (Å²) in [4.78, 5) is 24.6. The van der Waals surface area contributed by atoms with Crippen LogP contribution < -0.4 is 15.4 Å². The van der Waals surface area contributed by atoms with E-state index < -0.39 is 0 Å². The fourth-order valence-electron chi connectivity index (χ4n) is 3.12. The first-order chi connectivity index (χ1) is 13.2. The van der Waals surface area contributed by atoms with E-state index in [2.05, 4.69) is 25.6 Å². The summed E-state index contributed by atoms with van der Waals surface area (Å²) in [7, 11) is 1.65. The molecular weight excluding hydrogens is 342 g/mol. The highest BCUT2D eigenvalue weighted by molar-refractivity contribution is 5.97. The van der Waals surface area contributed by atoms with E-state index in [0.717, 1.165) is 40.2 Å². The van der Waals surface area contributed by atoms with Crippen molar-refractivity contribution in [3.05, 3.63) is 66.0 Å². The molecule has 1 amide bonds. The zero-order valence-electron chi connectivity index (χ0n) is 14.9. The molecule has 136 valence electrons. The van der Waals surface area contributed by atoms with Crippen LogP contribution in [0.4, 0.5) is 5.69 Å². The summed E-state index contributed by atoms with van der Waals surface area (Å²) < 4.78 is 5.48. The number of hydrogen-bond acceptors (Lipinski definition) is 6. The maximum Gasteiger partial charge on any atom is 0.253 e. The molecule has 0 atom stereocenters. The van der Waals surface area contributed by atoms with Gasteiger partial charge in [-0.15, -0.1) is 0 Å². The number of rotatable bonds is 5. The molecule has 0 spiro atoms. The second-order valence-corrected chi connectivity index (χ2v) is 6.23. The molecule has 7 nitrogen and oxygen atoms in total. The van der Waals surface area contributed by atoms with E-state index in [1.807, 2.05) is 24.3 Å². The molecule has 0 aliphatic carbocycles. The third kappa shape index (κ3) is 3.57. The van der Waals surface area contributed by atoms with Crippen LogP contribution in [0.2, 0.25) is 0 Å². The number of amides is 1. The maximum atomic E-state index is 12.0. The molecule has 0 bridgehead atoms. The lowest BCUT2D eigenvalue weighted by molar-refractivity contribution is 0.0945. The van der Waals surface area contributed by atoms with Crippen LogP contribution >= 0.6 is 0 Å². The minimum Gasteiger partial charge on any atom is -0.496 e. The van der Waals surface area contributed by atoms with E-state index in [1.165, 1.54) is 6.33 Å². The molecule has 0 saturated heterocycles. The van der Waals surface area contributed by atoms with Crippen LogP contribution in [-0.2, 0) is 13.0 Å². The maximum absolute atomic E-state index is 12.0. The summed E-state index contributed by atoms with van der Waals surface area (Å²) in [6.45, 7) is 1.17. The first kappa shape index (κ1) is 17.0. The average Bonchev–Trinajstić information content (AvgIpc) is 2.73. The normalized spacial score (nSPS) is 12.9. The third-order valence-corrected chi connectivity index (χ3v) is 4.52. The Kier molecular flexibility index (Phi) is 4.65. The molecule has 2 aromatic heterocycles. The van der Waals surface area contributed by atoms with E-state index in [1.54, 1.807) is 25.7 Å². The molecular formula is C20H19N5O2. The first-order valence-electron chi connectivity index (χ1n) is 8.68. The fraction of sp³-hybridized carbons (Fsp3) is 0.200. The topological polar surface area (TPSA) is 89.0 Å². The standard InChI is InChI=1S/C20H19N5O2/c1-27-19-3-2-13(15-8-21-12-22-9-15)6-14(19)10-24-16-7-17-18(25-11-16)4-5-23-20(17)26/h2-3,6-9,11-12,24H,4-5,10H2,1H3,(H,23,26). The second kappa shape index (κ2) is 7.41. The van der Waals surface area contributed by atoms with Gasteiger partial charge in [0, 0.05) is 43.0 Å². The molecule has 27 heavy (non-hydrogen) atoms. The molecule has 4 rings (SSSR count). The van der Waals surface area contributed by atoms with E-state index in [0.29, 0.717) is 18.7 Å². The van der Waals surface area contributed by atoms with E-state index in [-0.39, 0.29) is 5.91 Å². The number of pyridine rings is 1. The van der Waals surface area contributed by atoms with Crippen molar-refractivity contribution in [1.29, 1.82) is 0 Å². The van der Waals surface area contributed by atoms with Crippen molar-refractivity contribution >= 4 is 11.6 Å². The van der Waals surface area contributed by atoms with Gasteiger partial charge in [0.05, 0.1) is 30.3 Å². The predicted octanol–water partition coefficient (Wildman–Crippen LogP) is 2.45. The van der Waals surface area contributed by atoms with Gasteiger partial charge in [-0.1, -0.05) is 6.07 Å². The Morgan fingerprint density at radius 2 is 2.00 bits per heavy atom. The number of anilines is 1. The van der Waals surface area contributed by atoms with Crippen LogP contribution in [0.3, 0.4) is 0 Å². The van der Waals surface area contributed by atoms with Crippen molar-refractivity contribution in [2.45, 2.75) is 13.0 Å². The van der Waals surface area contributed by atoms with Crippen molar-refractivity contribution < 1.29 is 9.53 Å². The van der Waals surface area contributed by atoms with E-state index >= 15 is 0 Å². The van der Waals surface area contributed by atoms with Gasteiger partial charge >= 0.3 is 0 Å². The van der Waals surface area contributed by atoms with Gasteiger partial charge in [-0.3, -0.25) is 9.78 Å². The van der Waals surface area contributed by atoms with Gasteiger partial charge in [-0.05, 0) is 23.8 Å². The lowest BCUT2D eigenvalue weighted by Gasteiger charge is -2.17. The minimum atomic E-state index is -0.0731. The van der Waals surface area contributed by atoms with Gasteiger partial charge in [0.25, 0.3) is 5.91 Å². The summed E-state index contributed by atoms with van der Waals surface area (Å²) in [5.41, 5.74) is 5.20. The highest BCUT2D eigenvalue weighted by atomic mass is 16.5. The minimum absolute atomic E-state index is 0.0731. The molecule has 0 saturated carbocycles. The van der Waals surface area contributed by atoms with Gasteiger partial charge in [-0.25, -0.2) is 9.97 Å². The van der Waals surface area contributed by atoms with Gasteiger partial charge in [0.15, 0.2) is 0 Å². The zero-order valence-corrected chi connectivity index (χ0v) is 14.9. The Balaban J connectivity index is 1.57. The van der Waals surface area contributed by atoms with Gasteiger partial charge in [0.1, 0.15) is 12.1 Å². The van der Waals surface area contributed by atoms with Crippen molar-refractivity contribution in [3.63, 3.8) is 0 Å². The number of carbonyl (C=O) groups is 1. The molecule has 3 heterocycles. The quantitative estimate of drug-likeness (QED) is 0.726. The number of nitrogens with zero attached hydrogens (tertiary/aromatic N) is 3. The van der Waals surface area contributed by atoms with Gasteiger partial charge in [0.2, 0.25) is 0 Å². The lowest BCUT2D eigenvalue weighted by atomic mass is 10.0. The van der Waals surface area contributed by atoms with Crippen LogP contribution in [0.5, 0.6) is 5.75 Å². The summed E-state index contributed by atoms with van der Waals surface area (Å²) in [6.07, 6.45) is 7.58. The van der Waals surface area contributed by atoms with Gasteiger partial charge in [-0.2, -0.15) is 0 Å². The summed E-state index contributed by atoms with van der Waals surface area (Å²) >= 11 is 0. The van der Waals surface area contributed by atoms with Crippen LogP contribution in [0.15, 0.2) is 49.2 Å². The monoisotopic (exact) mass is 361 g/mol. The van der Waals surface area contributed by atoms with Crippen LogP contribution in [-0.4, -0.2) is 34.5 Å². The summed E-state index contributed by atoms with van der Waals surface area (Å²) in [5, 5.41) is 6.18. The van der Waals surface area contributed by atoms with Crippen LogP contribution in [0.1, 0.15) is 21.6 Å². The number of aromatic nitrogens is 3. The smallest absolute Gasteiger partial charge is 0.253 e. The Morgan fingerprint density at radius 1 is 1.15 bits per heavy atom. The zero-order chi connectivity index (χ0) is 18.6. The van der Waals surface area contributed by atoms with Crippen molar-refractivity contribution in [2.75, 3.05) is 19.0 Å². The summed E-state index contributed by atoms with van der Waals surface area (Å²) in [6, 6.07) is 7.80. The predicted molar refractivity (Wildman–Crippen MR) is 102 cm³/mol. The molecule has 2 N–H and O–H groups in total. The molecule has 7 heteroatoms. The number of fused-ring (bicyclic) bond motifs is 1. The Labute approximate surface area is 156 Å². The number of methoxy groups -OCH3 is 1. The highest BCUT2D eigenvalue weighted by Gasteiger charge is 2.18. The van der Waals surface area contributed by atoms with E-state index in [9.17, 15) is 4.79 Å². The summed E-state index contributed by atoms with van der Waals surface area (Å²) in [5.74, 6) is 0.711. The number of nitrogens with one attached hydrogen (secondary N) is 2. The number of ether oxygens (including phenoxy) is 1. The average molecular weight is 361 g/mol. The largest absolute Gasteiger partial charge is 0.496 e. The fourth-order valence-corrected chi connectivity index (χ4v) is 3.12. The molecule has 3 aromatic rings. The van der Waals surface area contributed by atoms with Crippen LogP contribution in [0.25, 0.3) is 11.1 Å². The highest BCUT2D eigenvalue weighted by Crippen LogP contribution is 2.27. The molecule has 1 aliphatic rings. The van der Waals surface area contributed by atoms with Gasteiger partial charge < -0.3 is 15.4 Å². The molecule has 0 radical (unpaired) electrons. The van der Waals surface area contributed by atoms with Crippen LogP contribution in [0, 0.1) is 0 Å². The lowest BCUT2D eigenvalue weighted by Crippen LogP contribution is -2.32. The van der Waals surface area contributed by atoms with Crippen molar-refractivity contribution in [2.24, 2.45) is 0 Å². The number of hydrogen-bond donors (Lipinski definition) is 2. The molecule has 1 aliphatic heterocycles. The van der Waals surface area contributed by atoms with E-state index in [4.69, 9.17) is 4.74 Å². The molecule has 1 aromatic carbocycles. The Bertz CT molecular complexity index is 975.